The molecule has 2 aromatic heterocycles. The molecule has 0 aliphatic carbocycles. The Labute approximate surface area is 80.7 Å². The maximum atomic E-state index is 12.9. The first-order valence-corrected chi connectivity index (χ1v) is 4.31. The van der Waals surface area contributed by atoms with E-state index < -0.39 is 5.82 Å². The van der Waals surface area contributed by atoms with Gasteiger partial charge in [-0.15, -0.1) is 0 Å². The summed E-state index contributed by atoms with van der Waals surface area (Å²) in [6.07, 6.45) is 0. The summed E-state index contributed by atoms with van der Waals surface area (Å²) in [5, 5.41) is 0.570. The van der Waals surface area contributed by atoms with E-state index in [1.165, 1.54) is 18.2 Å². The molecule has 2 rings (SSSR count). The second-order valence-electron chi connectivity index (χ2n) is 2.52. The molecule has 0 aliphatic rings. The topological polar surface area (TPSA) is 45.8 Å². The molecule has 0 spiro atoms. The van der Waals surface area contributed by atoms with Gasteiger partial charge in [-0.1, -0.05) is 0 Å². The molecule has 5 heteroatoms. The number of aromatic amines is 1. The Morgan fingerprint density at radius 3 is 3.00 bits per heavy atom. The molecule has 66 valence electrons. The number of pyridine rings is 2. The van der Waals surface area contributed by atoms with Crippen LogP contribution in [0.15, 0.2) is 27.6 Å². The average molecular weight is 243 g/mol. The van der Waals surface area contributed by atoms with Gasteiger partial charge in [0.15, 0.2) is 5.82 Å². The zero-order chi connectivity index (χ0) is 9.42. The van der Waals surface area contributed by atoms with E-state index >= 15 is 0 Å². The van der Waals surface area contributed by atoms with Gasteiger partial charge < -0.3 is 4.98 Å². The highest BCUT2D eigenvalue weighted by atomic mass is 79.9. The fourth-order valence-electron chi connectivity index (χ4n) is 1.03. The summed E-state index contributed by atoms with van der Waals surface area (Å²) in [6, 6.07) is 4.16. The van der Waals surface area contributed by atoms with Gasteiger partial charge in [-0.3, -0.25) is 4.79 Å². The minimum Gasteiger partial charge on any atom is -0.307 e. The lowest BCUT2D eigenvalue weighted by Gasteiger charge is -1.97. The van der Waals surface area contributed by atoms with E-state index in [-0.39, 0.29) is 10.2 Å². The number of nitrogens with zero attached hydrogens (tertiary/aromatic N) is 1. The molecule has 0 fully saturated rings. The number of halogens is 2. The number of hydrogen-bond acceptors (Lipinski definition) is 2. The van der Waals surface area contributed by atoms with Gasteiger partial charge in [0.05, 0.1) is 0 Å². The second-order valence-corrected chi connectivity index (χ2v) is 3.27. The van der Waals surface area contributed by atoms with Gasteiger partial charge in [0.2, 0.25) is 5.56 Å². The van der Waals surface area contributed by atoms with Crippen molar-refractivity contribution in [3.63, 3.8) is 0 Å². The first-order valence-electron chi connectivity index (χ1n) is 3.52. The third kappa shape index (κ3) is 1.47. The first-order chi connectivity index (χ1) is 6.16. The van der Waals surface area contributed by atoms with Crippen LogP contribution in [0.2, 0.25) is 0 Å². The Hall–Kier alpha value is -1.23. The van der Waals surface area contributed by atoms with E-state index in [1.54, 1.807) is 0 Å². The summed E-state index contributed by atoms with van der Waals surface area (Å²) in [5.74, 6) is -0.445. The number of aromatic nitrogens is 2. The SMILES string of the molecule is O=c1ccc2cc(F)c(Br)nc2[nH]1. The van der Waals surface area contributed by atoms with Gasteiger partial charge in [-0.25, -0.2) is 9.37 Å². The van der Waals surface area contributed by atoms with Crippen LogP contribution in [0, 0.1) is 5.82 Å². The molecule has 0 aliphatic heterocycles. The largest absolute Gasteiger partial charge is 0.307 e. The molecular weight excluding hydrogens is 239 g/mol. The maximum Gasteiger partial charge on any atom is 0.249 e. The summed E-state index contributed by atoms with van der Waals surface area (Å²) < 4.78 is 13.0. The molecule has 2 heterocycles. The van der Waals surface area contributed by atoms with E-state index in [2.05, 4.69) is 25.9 Å². The molecule has 0 atom stereocenters. The molecule has 0 unspecified atom stereocenters. The lowest BCUT2D eigenvalue weighted by atomic mass is 10.3. The minimum absolute atomic E-state index is 0.0989. The van der Waals surface area contributed by atoms with E-state index in [9.17, 15) is 9.18 Å². The van der Waals surface area contributed by atoms with Crippen molar-refractivity contribution in [2.24, 2.45) is 0 Å². The minimum atomic E-state index is -0.445. The van der Waals surface area contributed by atoms with Crippen LogP contribution in [0.5, 0.6) is 0 Å². The van der Waals surface area contributed by atoms with Crippen molar-refractivity contribution in [3.8, 4) is 0 Å². The molecule has 1 N–H and O–H groups in total. The summed E-state index contributed by atoms with van der Waals surface area (Å²) in [5.41, 5.74) is 0.124. The van der Waals surface area contributed by atoms with Crippen LogP contribution in [0.3, 0.4) is 0 Å². The Kier molecular flexibility index (Phi) is 1.88. The lowest BCUT2D eigenvalue weighted by molar-refractivity contribution is 0.615. The van der Waals surface area contributed by atoms with Crippen LogP contribution < -0.4 is 5.56 Å². The Morgan fingerprint density at radius 1 is 1.46 bits per heavy atom. The third-order valence-corrected chi connectivity index (χ3v) is 2.17. The van der Waals surface area contributed by atoms with Crippen molar-refractivity contribution < 1.29 is 4.39 Å². The van der Waals surface area contributed by atoms with Crippen LogP contribution in [0.1, 0.15) is 0 Å². The standard InChI is InChI=1S/C8H4BrFN2O/c9-7-5(10)3-4-1-2-6(13)11-8(4)12-7/h1-3H,(H,11,12,13). The van der Waals surface area contributed by atoms with Gasteiger partial charge in [0.25, 0.3) is 0 Å². The van der Waals surface area contributed by atoms with Crippen LogP contribution in [0.4, 0.5) is 4.39 Å². The average Bonchev–Trinajstić information content (AvgIpc) is 2.08. The Morgan fingerprint density at radius 2 is 2.23 bits per heavy atom. The van der Waals surface area contributed by atoms with Crippen molar-refractivity contribution in [2.45, 2.75) is 0 Å². The Bertz CT molecular complexity index is 523. The second kappa shape index (κ2) is 2.92. The number of fused-ring (bicyclic) bond motifs is 1. The van der Waals surface area contributed by atoms with Gasteiger partial charge in [-0.05, 0) is 28.1 Å². The summed E-state index contributed by atoms with van der Waals surface area (Å²) in [4.78, 5) is 17.2. The fourth-order valence-corrected chi connectivity index (χ4v) is 1.32. The van der Waals surface area contributed by atoms with Gasteiger partial charge in [-0.2, -0.15) is 0 Å². The van der Waals surface area contributed by atoms with Crippen LogP contribution in [-0.4, -0.2) is 9.97 Å². The van der Waals surface area contributed by atoms with Crippen LogP contribution in [-0.2, 0) is 0 Å². The molecule has 0 saturated carbocycles. The highest BCUT2D eigenvalue weighted by Crippen LogP contribution is 2.16. The third-order valence-electron chi connectivity index (χ3n) is 1.62. The summed E-state index contributed by atoms with van der Waals surface area (Å²) in [6.45, 7) is 0. The molecule has 0 aromatic carbocycles. The predicted molar refractivity (Wildman–Crippen MR) is 50.0 cm³/mol. The van der Waals surface area contributed by atoms with E-state index in [0.29, 0.717) is 11.0 Å². The van der Waals surface area contributed by atoms with Crippen molar-refractivity contribution in [3.05, 3.63) is 39.0 Å². The van der Waals surface area contributed by atoms with Gasteiger partial charge in [0, 0.05) is 11.5 Å². The maximum absolute atomic E-state index is 12.9. The van der Waals surface area contributed by atoms with Crippen molar-refractivity contribution in [2.75, 3.05) is 0 Å². The highest BCUT2D eigenvalue weighted by Gasteiger charge is 2.03. The van der Waals surface area contributed by atoms with Gasteiger partial charge in [0.1, 0.15) is 10.3 Å². The Balaban J connectivity index is 2.89. The smallest absolute Gasteiger partial charge is 0.249 e. The number of H-pyrrole nitrogens is 1. The van der Waals surface area contributed by atoms with Crippen molar-refractivity contribution in [1.29, 1.82) is 0 Å². The van der Waals surface area contributed by atoms with Crippen LogP contribution >= 0.6 is 15.9 Å². The molecule has 0 saturated heterocycles. The quantitative estimate of drug-likeness (QED) is 0.717. The highest BCUT2D eigenvalue weighted by molar-refractivity contribution is 9.10. The summed E-state index contributed by atoms with van der Waals surface area (Å²) >= 11 is 2.93. The zero-order valence-electron chi connectivity index (χ0n) is 6.34. The van der Waals surface area contributed by atoms with Crippen molar-refractivity contribution >= 4 is 27.0 Å². The van der Waals surface area contributed by atoms with E-state index in [1.807, 2.05) is 0 Å². The van der Waals surface area contributed by atoms with Gasteiger partial charge >= 0.3 is 0 Å². The monoisotopic (exact) mass is 242 g/mol. The van der Waals surface area contributed by atoms with E-state index in [0.717, 1.165) is 0 Å². The number of nitrogens with one attached hydrogen (secondary N) is 1. The summed E-state index contributed by atoms with van der Waals surface area (Å²) in [7, 11) is 0. The van der Waals surface area contributed by atoms with Crippen molar-refractivity contribution in [1.82, 2.24) is 9.97 Å². The number of hydrogen-bond donors (Lipinski definition) is 1. The normalized spacial score (nSPS) is 10.6. The molecular formula is C8H4BrFN2O. The lowest BCUT2D eigenvalue weighted by Crippen LogP contribution is -2.04. The molecule has 13 heavy (non-hydrogen) atoms. The molecule has 0 amide bonds. The van der Waals surface area contributed by atoms with Crippen LogP contribution in [0.25, 0.3) is 11.0 Å². The predicted octanol–water partition coefficient (Wildman–Crippen LogP) is 1.82. The fraction of sp³-hybridized carbons (Fsp3) is 0. The number of rotatable bonds is 0. The molecule has 2 aromatic rings. The van der Waals surface area contributed by atoms with E-state index in [4.69, 9.17) is 0 Å². The zero-order valence-corrected chi connectivity index (χ0v) is 7.93. The molecule has 0 radical (unpaired) electrons. The first kappa shape index (κ1) is 8.37. The molecule has 0 bridgehead atoms. The molecule has 3 nitrogen and oxygen atoms in total.